The molecule has 0 aromatic heterocycles. The van der Waals surface area contributed by atoms with E-state index in [2.05, 4.69) is 19.2 Å². The van der Waals surface area contributed by atoms with Gasteiger partial charge in [0.2, 0.25) is 5.91 Å². The first-order valence-corrected chi connectivity index (χ1v) is 32.0. The van der Waals surface area contributed by atoms with Gasteiger partial charge in [-0.25, -0.2) is 0 Å². The maximum Gasteiger partial charge on any atom is 0.305 e. The van der Waals surface area contributed by atoms with Crippen molar-refractivity contribution in [2.75, 3.05) is 19.8 Å². The van der Waals surface area contributed by atoms with Gasteiger partial charge in [-0.05, 0) is 32.1 Å². The Morgan fingerprint density at radius 3 is 1.26 bits per heavy atom. The first kappa shape index (κ1) is 70.4. The fourth-order valence-corrected chi connectivity index (χ4v) is 10.3. The molecule has 1 rings (SSSR count). The number of carbonyl (C=O) groups is 2. The molecule has 1 fully saturated rings. The molecule has 0 radical (unpaired) electrons. The Labute approximate surface area is 455 Å². The summed E-state index contributed by atoms with van der Waals surface area (Å²) in [7, 11) is 0. The van der Waals surface area contributed by atoms with Gasteiger partial charge in [-0.2, -0.15) is 0 Å². The summed E-state index contributed by atoms with van der Waals surface area (Å²) in [6.07, 6.45) is 53.1. The van der Waals surface area contributed by atoms with Crippen LogP contribution in [0.1, 0.15) is 316 Å². The predicted octanol–water partition coefficient (Wildman–Crippen LogP) is 15.1. The van der Waals surface area contributed by atoms with E-state index in [0.29, 0.717) is 19.4 Å². The second-order valence-electron chi connectivity index (χ2n) is 22.5. The molecule has 0 spiro atoms. The number of carbonyl (C=O) groups excluding carboxylic acids is 2. The van der Waals surface area contributed by atoms with Crippen LogP contribution in [0, 0.1) is 0 Å². The monoisotopic (exact) mass is 1050 g/mol. The molecule has 438 valence electrons. The smallest absolute Gasteiger partial charge is 0.305 e. The van der Waals surface area contributed by atoms with Crippen LogP contribution in [0.4, 0.5) is 0 Å². The van der Waals surface area contributed by atoms with Crippen molar-refractivity contribution in [3.63, 3.8) is 0 Å². The van der Waals surface area contributed by atoms with Crippen molar-refractivity contribution < 1.29 is 49.3 Å². The molecular weight excluding hydrogens is 931 g/mol. The van der Waals surface area contributed by atoms with Gasteiger partial charge in [-0.3, -0.25) is 9.59 Å². The molecule has 7 unspecified atom stereocenters. The SMILES string of the molecule is CCCCCCCCCCCCC/C=C/C(O)C(COC1OC(CO)C(O)C(O)C1O)NC(=O)CCCCCCCCCCCCCCCCCCCCCCCCOC(=O)CCCCCCCCCCCCC. The van der Waals surface area contributed by atoms with E-state index in [-0.39, 0.29) is 18.5 Å². The molecule has 74 heavy (non-hydrogen) atoms. The Kier molecular flexibility index (Phi) is 50.8. The number of nitrogens with one attached hydrogen (secondary N) is 1. The minimum atomic E-state index is -1.57. The van der Waals surface area contributed by atoms with Gasteiger partial charge in [-0.1, -0.05) is 283 Å². The van der Waals surface area contributed by atoms with Gasteiger partial charge in [0.05, 0.1) is 32.0 Å². The number of ether oxygens (including phenoxy) is 3. The van der Waals surface area contributed by atoms with Crippen molar-refractivity contribution in [1.82, 2.24) is 5.32 Å². The molecule has 1 heterocycles. The van der Waals surface area contributed by atoms with Crippen LogP contribution < -0.4 is 5.32 Å². The van der Waals surface area contributed by atoms with Crippen LogP contribution in [0.5, 0.6) is 0 Å². The van der Waals surface area contributed by atoms with Gasteiger partial charge < -0.3 is 45.1 Å². The fourth-order valence-electron chi connectivity index (χ4n) is 10.3. The molecule has 11 nitrogen and oxygen atoms in total. The van der Waals surface area contributed by atoms with Crippen molar-refractivity contribution in [3.05, 3.63) is 12.2 Å². The largest absolute Gasteiger partial charge is 0.466 e. The summed E-state index contributed by atoms with van der Waals surface area (Å²) in [4.78, 5) is 25.1. The maximum atomic E-state index is 13.0. The summed E-state index contributed by atoms with van der Waals surface area (Å²) >= 11 is 0. The molecule has 1 aliphatic rings. The molecule has 0 aromatic carbocycles. The molecular formula is C63H121NO10. The molecule has 0 saturated carbocycles. The van der Waals surface area contributed by atoms with Crippen LogP contribution in [-0.4, -0.2) is 100 Å². The summed E-state index contributed by atoms with van der Waals surface area (Å²) in [5.41, 5.74) is 0. The van der Waals surface area contributed by atoms with Crippen molar-refractivity contribution in [3.8, 4) is 0 Å². The number of hydrogen-bond donors (Lipinski definition) is 6. The molecule has 0 aromatic rings. The van der Waals surface area contributed by atoms with Gasteiger partial charge in [-0.15, -0.1) is 0 Å². The van der Waals surface area contributed by atoms with E-state index in [1.807, 2.05) is 6.08 Å². The van der Waals surface area contributed by atoms with E-state index in [9.17, 15) is 35.1 Å². The van der Waals surface area contributed by atoms with E-state index >= 15 is 0 Å². The van der Waals surface area contributed by atoms with E-state index < -0.39 is 49.5 Å². The number of aliphatic hydroxyl groups is 5. The summed E-state index contributed by atoms with van der Waals surface area (Å²) in [6.45, 7) is 4.36. The topological polar surface area (TPSA) is 175 Å². The minimum Gasteiger partial charge on any atom is -0.466 e. The third-order valence-corrected chi connectivity index (χ3v) is 15.4. The molecule has 6 N–H and O–H groups in total. The number of hydrogen-bond acceptors (Lipinski definition) is 10. The van der Waals surface area contributed by atoms with E-state index in [1.165, 1.54) is 231 Å². The van der Waals surface area contributed by atoms with Crippen molar-refractivity contribution >= 4 is 11.9 Å². The highest BCUT2D eigenvalue weighted by Crippen LogP contribution is 2.23. The van der Waals surface area contributed by atoms with Gasteiger partial charge in [0, 0.05) is 12.8 Å². The van der Waals surface area contributed by atoms with E-state index in [0.717, 1.165) is 57.8 Å². The standard InChI is InChI=1S/C63H121NO10/c1-3-5-7-9-11-13-15-26-30-33-37-41-45-49-56(66)55(54-73-63-62(71)61(70)60(69)57(53-65)74-63)64-58(67)50-46-42-38-34-31-27-24-22-20-18-16-17-19-21-23-25-28-32-36-40-44-48-52-72-59(68)51-47-43-39-35-29-14-12-10-8-6-4-2/h45,49,55-57,60-63,65-66,69-71H,3-44,46-48,50-54H2,1-2H3,(H,64,67)/b49-45+. The molecule has 0 bridgehead atoms. The second kappa shape index (κ2) is 53.4. The molecule has 1 amide bonds. The Balaban J connectivity index is 2.04. The summed E-state index contributed by atoms with van der Waals surface area (Å²) in [6, 6.07) is -0.809. The Morgan fingerprint density at radius 1 is 0.486 bits per heavy atom. The zero-order valence-corrected chi connectivity index (χ0v) is 48.3. The Bertz CT molecular complexity index is 1240. The molecule has 0 aliphatic carbocycles. The summed E-state index contributed by atoms with van der Waals surface area (Å²) < 4.78 is 16.7. The average molecular weight is 1050 g/mol. The Morgan fingerprint density at radius 2 is 0.851 bits per heavy atom. The van der Waals surface area contributed by atoms with Gasteiger partial charge in [0.1, 0.15) is 24.4 Å². The lowest BCUT2D eigenvalue weighted by molar-refractivity contribution is -0.302. The van der Waals surface area contributed by atoms with Crippen molar-refractivity contribution in [2.45, 2.75) is 358 Å². The van der Waals surface area contributed by atoms with Crippen LogP contribution >= 0.6 is 0 Å². The first-order chi connectivity index (χ1) is 36.2. The van der Waals surface area contributed by atoms with Crippen molar-refractivity contribution in [1.29, 1.82) is 0 Å². The Hall–Kier alpha value is -1.60. The highest BCUT2D eigenvalue weighted by Gasteiger charge is 2.44. The summed E-state index contributed by atoms with van der Waals surface area (Å²) in [5, 5.41) is 54.4. The van der Waals surface area contributed by atoms with Gasteiger partial charge >= 0.3 is 5.97 Å². The predicted molar refractivity (Wildman–Crippen MR) is 306 cm³/mol. The number of amides is 1. The highest BCUT2D eigenvalue weighted by molar-refractivity contribution is 5.76. The number of esters is 1. The molecule has 11 heteroatoms. The summed E-state index contributed by atoms with van der Waals surface area (Å²) in [5.74, 6) is -0.179. The van der Waals surface area contributed by atoms with Gasteiger partial charge in [0.25, 0.3) is 0 Å². The normalized spacial score (nSPS) is 18.8. The third kappa shape index (κ3) is 42.4. The number of unbranched alkanes of at least 4 members (excludes halogenated alkanes) is 42. The van der Waals surface area contributed by atoms with Crippen LogP contribution in [0.25, 0.3) is 0 Å². The first-order valence-electron chi connectivity index (χ1n) is 32.0. The lowest BCUT2D eigenvalue weighted by Crippen LogP contribution is -2.60. The quantitative estimate of drug-likeness (QED) is 0.0195. The molecule has 7 atom stereocenters. The highest BCUT2D eigenvalue weighted by atomic mass is 16.7. The lowest BCUT2D eigenvalue weighted by Gasteiger charge is -2.40. The molecule has 1 saturated heterocycles. The number of allylic oxidation sites excluding steroid dienone is 1. The van der Waals surface area contributed by atoms with E-state index in [4.69, 9.17) is 14.2 Å². The number of aliphatic hydroxyl groups excluding tert-OH is 5. The number of rotatable bonds is 56. The zero-order valence-electron chi connectivity index (χ0n) is 48.3. The van der Waals surface area contributed by atoms with Crippen LogP contribution in [0.3, 0.4) is 0 Å². The van der Waals surface area contributed by atoms with E-state index in [1.54, 1.807) is 6.08 Å². The fraction of sp³-hybridized carbons (Fsp3) is 0.937. The zero-order chi connectivity index (χ0) is 53.8. The average Bonchev–Trinajstić information content (AvgIpc) is 3.40. The lowest BCUT2D eigenvalue weighted by atomic mass is 9.99. The minimum absolute atomic E-state index is 0.00116. The van der Waals surface area contributed by atoms with Crippen LogP contribution in [0.15, 0.2) is 12.2 Å². The van der Waals surface area contributed by atoms with Gasteiger partial charge in [0.15, 0.2) is 6.29 Å². The second-order valence-corrected chi connectivity index (χ2v) is 22.5. The third-order valence-electron chi connectivity index (χ3n) is 15.4. The van der Waals surface area contributed by atoms with Crippen molar-refractivity contribution in [2.24, 2.45) is 0 Å². The van der Waals surface area contributed by atoms with Crippen LogP contribution in [0.2, 0.25) is 0 Å². The molecule has 1 aliphatic heterocycles. The van der Waals surface area contributed by atoms with Crippen LogP contribution in [-0.2, 0) is 23.8 Å². The maximum absolute atomic E-state index is 13.0.